The van der Waals surface area contributed by atoms with E-state index in [1.807, 2.05) is 6.07 Å². The second-order valence-corrected chi connectivity index (χ2v) is 4.11. The summed E-state index contributed by atoms with van der Waals surface area (Å²) >= 11 is 5.68. The van der Waals surface area contributed by atoms with Crippen LogP contribution in [0.2, 0.25) is 5.02 Å². The summed E-state index contributed by atoms with van der Waals surface area (Å²) in [5.74, 6) is 0.217. The first-order valence-corrected chi connectivity index (χ1v) is 5.74. The molecule has 1 aromatic carbocycles. The van der Waals surface area contributed by atoms with Crippen LogP contribution in [0, 0.1) is 5.82 Å². The number of methoxy groups -OCH3 is 1. The molecule has 2 aromatic rings. The molecule has 0 aliphatic carbocycles. The van der Waals surface area contributed by atoms with Crippen LogP contribution in [0.1, 0.15) is 5.56 Å². The molecule has 1 aromatic heterocycles. The fourth-order valence-electron chi connectivity index (χ4n) is 1.47. The molecule has 0 saturated heterocycles. The van der Waals surface area contributed by atoms with Crippen LogP contribution < -0.4 is 10.1 Å². The molecule has 94 valence electrons. The minimum absolute atomic E-state index is 0.323. The number of ether oxygens (including phenoxy) is 1. The first-order chi connectivity index (χ1) is 8.69. The molecule has 2 rings (SSSR count). The molecule has 18 heavy (non-hydrogen) atoms. The molecule has 0 aliphatic rings. The van der Waals surface area contributed by atoms with Crippen molar-refractivity contribution in [3.8, 4) is 5.88 Å². The van der Waals surface area contributed by atoms with Crippen molar-refractivity contribution in [3.05, 3.63) is 52.9 Å². The van der Waals surface area contributed by atoms with Gasteiger partial charge in [0.05, 0.1) is 19.0 Å². The fourth-order valence-corrected chi connectivity index (χ4v) is 1.63. The Hall–Kier alpha value is -1.81. The van der Waals surface area contributed by atoms with Crippen molar-refractivity contribution in [2.45, 2.75) is 6.54 Å². The van der Waals surface area contributed by atoms with Crippen LogP contribution in [-0.2, 0) is 6.54 Å². The summed E-state index contributed by atoms with van der Waals surface area (Å²) in [4.78, 5) is 4.05. The second kappa shape index (κ2) is 5.69. The molecular weight excluding hydrogens is 255 g/mol. The van der Waals surface area contributed by atoms with Gasteiger partial charge >= 0.3 is 0 Å². The van der Waals surface area contributed by atoms with E-state index in [1.165, 1.54) is 6.07 Å². The molecule has 0 spiro atoms. The second-order valence-electron chi connectivity index (χ2n) is 3.68. The third-order valence-corrected chi connectivity index (χ3v) is 2.68. The number of halogens is 2. The zero-order chi connectivity index (χ0) is 13.0. The van der Waals surface area contributed by atoms with E-state index in [1.54, 1.807) is 31.5 Å². The fraction of sp³-hybridized carbons (Fsp3) is 0.154. The Bertz CT molecular complexity index is 531. The van der Waals surface area contributed by atoms with E-state index in [-0.39, 0.29) is 5.82 Å². The van der Waals surface area contributed by atoms with Crippen molar-refractivity contribution in [2.24, 2.45) is 0 Å². The van der Waals surface area contributed by atoms with Gasteiger partial charge in [-0.1, -0.05) is 17.7 Å². The van der Waals surface area contributed by atoms with Crippen LogP contribution in [0.3, 0.4) is 0 Å². The average molecular weight is 267 g/mol. The van der Waals surface area contributed by atoms with Gasteiger partial charge in [-0.05, 0) is 18.2 Å². The topological polar surface area (TPSA) is 34.1 Å². The van der Waals surface area contributed by atoms with Crippen molar-refractivity contribution >= 4 is 17.3 Å². The van der Waals surface area contributed by atoms with Gasteiger partial charge in [0, 0.05) is 23.2 Å². The van der Waals surface area contributed by atoms with Gasteiger partial charge in [-0.25, -0.2) is 9.37 Å². The number of anilines is 1. The van der Waals surface area contributed by atoms with Gasteiger partial charge in [0.25, 0.3) is 0 Å². The Balaban J connectivity index is 2.02. The van der Waals surface area contributed by atoms with E-state index < -0.39 is 0 Å². The number of hydrogen-bond acceptors (Lipinski definition) is 3. The highest BCUT2D eigenvalue weighted by atomic mass is 35.5. The molecule has 0 bridgehead atoms. The van der Waals surface area contributed by atoms with Gasteiger partial charge in [-0.2, -0.15) is 0 Å². The number of aromatic nitrogens is 1. The predicted molar refractivity (Wildman–Crippen MR) is 69.5 cm³/mol. The lowest BCUT2D eigenvalue weighted by molar-refractivity contribution is 0.398. The number of nitrogens with zero attached hydrogens (tertiary/aromatic N) is 1. The maximum atomic E-state index is 13.5. The monoisotopic (exact) mass is 266 g/mol. The summed E-state index contributed by atoms with van der Waals surface area (Å²) in [6, 6.07) is 8.17. The number of benzene rings is 1. The van der Waals surface area contributed by atoms with Crippen LogP contribution in [0.4, 0.5) is 10.1 Å². The van der Waals surface area contributed by atoms with Gasteiger partial charge in [-0.3, -0.25) is 0 Å². The van der Waals surface area contributed by atoms with E-state index in [2.05, 4.69) is 10.3 Å². The Morgan fingerprint density at radius 1 is 1.33 bits per heavy atom. The van der Waals surface area contributed by atoms with Crippen LogP contribution in [0.25, 0.3) is 0 Å². The lowest BCUT2D eigenvalue weighted by atomic mass is 10.2. The summed E-state index contributed by atoms with van der Waals surface area (Å²) in [5, 5.41) is 3.46. The molecule has 0 unspecified atom stereocenters. The van der Waals surface area contributed by atoms with Crippen molar-refractivity contribution in [2.75, 3.05) is 12.4 Å². The number of nitrogens with one attached hydrogen (secondary N) is 1. The van der Waals surface area contributed by atoms with E-state index in [0.29, 0.717) is 23.0 Å². The lowest BCUT2D eigenvalue weighted by Crippen LogP contribution is -2.02. The first-order valence-electron chi connectivity index (χ1n) is 5.37. The molecule has 0 radical (unpaired) electrons. The maximum Gasteiger partial charge on any atom is 0.213 e. The van der Waals surface area contributed by atoms with Gasteiger partial charge in [0.1, 0.15) is 5.82 Å². The van der Waals surface area contributed by atoms with Crippen LogP contribution in [0.15, 0.2) is 36.5 Å². The lowest BCUT2D eigenvalue weighted by Gasteiger charge is -2.07. The summed E-state index contributed by atoms with van der Waals surface area (Å²) in [7, 11) is 1.55. The molecule has 0 aliphatic heterocycles. The first kappa shape index (κ1) is 12.6. The highest BCUT2D eigenvalue weighted by Gasteiger charge is 2.03. The standard InChI is InChI=1S/C13H12ClFN2O/c1-18-13-5-4-11(8-17-13)16-7-9-2-3-10(14)6-12(9)15/h2-6,8,16H,7H2,1H3. The highest BCUT2D eigenvalue weighted by molar-refractivity contribution is 6.30. The zero-order valence-corrected chi connectivity index (χ0v) is 10.5. The molecule has 5 heteroatoms. The van der Waals surface area contributed by atoms with Gasteiger partial charge in [0.15, 0.2) is 0 Å². The number of hydrogen-bond donors (Lipinski definition) is 1. The minimum atomic E-state index is -0.323. The third-order valence-electron chi connectivity index (χ3n) is 2.44. The predicted octanol–water partition coefficient (Wildman–Crippen LogP) is 3.49. The average Bonchev–Trinajstić information content (AvgIpc) is 2.38. The highest BCUT2D eigenvalue weighted by Crippen LogP contribution is 2.17. The van der Waals surface area contributed by atoms with E-state index in [4.69, 9.17) is 16.3 Å². The summed E-state index contributed by atoms with van der Waals surface area (Å²) in [6.07, 6.45) is 1.63. The van der Waals surface area contributed by atoms with Crippen LogP contribution in [-0.4, -0.2) is 12.1 Å². The van der Waals surface area contributed by atoms with Crippen molar-refractivity contribution in [3.63, 3.8) is 0 Å². The molecule has 0 atom stereocenters. The molecule has 0 amide bonds. The van der Waals surface area contributed by atoms with E-state index >= 15 is 0 Å². The smallest absolute Gasteiger partial charge is 0.213 e. The molecule has 3 nitrogen and oxygen atoms in total. The van der Waals surface area contributed by atoms with Crippen molar-refractivity contribution < 1.29 is 9.13 Å². The zero-order valence-electron chi connectivity index (χ0n) is 9.78. The molecular formula is C13H12ClFN2O. The van der Waals surface area contributed by atoms with E-state index in [0.717, 1.165) is 5.69 Å². The molecule has 1 heterocycles. The SMILES string of the molecule is COc1ccc(NCc2ccc(Cl)cc2F)cn1. The van der Waals surface area contributed by atoms with Gasteiger partial charge in [0.2, 0.25) is 5.88 Å². The largest absolute Gasteiger partial charge is 0.481 e. The van der Waals surface area contributed by atoms with Crippen molar-refractivity contribution in [1.82, 2.24) is 4.98 Å². The quantitative estimate of drug-likeness (QED) is 0.920. The van der Waals surface area contributed by atoms with Crippen LogP contribution in [0.5, 0.6) is 5.88 Å². The summed E-state index contributed by atoms with van der Waals surface area (Å²) in [5.41, 5.74) is 1.35. The van der Waals surface area contributed by atoms with Crippen LogP contribution >= 0.6 is 11.6 Å². The Kier molecular flexibility index (Phi) is 3.99. The summed E-state index contributed by atoms with van der Waals surface area (Å²) in [6.45, 7) is 0.372. The minimum Gasteiger partial charge on any atom is -0.481 e. The van der Waals surface area contributed by atoms with Gasteiger partial charge in [-0.15, -0.1) is 0 Å². The van der Waals surface area contributed by atoms with Crippen molar-refractivity contribution in [1.29, 1.82) is 0 Å². The molecule has 0 saturated carbocycles. The Morgan fingerprint density at radius 2 is 2.17 bits per heavy atom. The molecule has 0 fully saturated rings. The maximum absolute atomic E-state index is 13.5. The molecule has 1 N–H and O–H groups in total. The third kappa shape index (κ3) is 3.11. The summed E-state index contributed by atoms with van der Waals surface area (Å²) < 4.78 is 18.5. The van der Waals surface area contributed by atoms with Gasteiger partial charge < -0.3 is 10.1 Å². The Morgan fingerprint density at radius 3 is 2.78 bits per heavy atom. The number of pyridine rings is 1. The Labute approximate surface area is 110 Å². The number of rotatable bonds is 4. The normalized spacial score (nSPS) is 10.2. The van der Waals surface area contributed by atoms with E-state index in [9.17, 15) is 4.39 Å².